The third kappa shape index (κ3) is 8.80. The van der Waals surface area contributed by atoms with Crippen LogP contribution in [0.2, 0.25) is 0 Å². The topological polar surface area (TPSA) is 110 Å². The predicted molar refractivity (Wildman–Crippen MR) is 201 cm³/mol. The zero-order valence-corrected chi connectivity index (χ0v) is 30.3. The summed E-state index contributed by atoms with van der Waals surface area (Å²) in [7, 11) is 0. The number of hydrogen-bond acceptors (Lipinski definition) is 6. The number of halogens is 1. The second-order valence-electron chi connectivity index (χ2n) is 12.3. The van der Waals surface area contributed by atoms with E-state index in [2.05, 4.69) is 34.9 Å². The standard InChI is InChI=1S/C39H43FN6O3.C2H6/c1-4-25-9-7-10-27(19-25)31-20-26(13-14-34(31)40)22-41-38(47)28-11-8-12-29(21-28)39(48)42-23-32-35(5-2)45-37-33(24-43-46(37)6-3)36(32)44-30-15-17-49-18-16-30;1-2/h7-14,19-21,24,30H,4-6,15-18,22-23H2,1-3H3,(H,41,47)(H,42,48)(H,44,45);1-2H3. The van der Waals surface area contributed by atoms with Crippen LogP contribution < -0.4 is 16.0 Å². The van der Waals surface area contributed by atoms with Crippen molar-refractivity contribution in [3.63, 3.8) is 0 Å². The van der Waals surface area contributed by atoms with Crippen molar-refractivity contribution >= 4 is 28.5 Å². The van der Waals surface area contributed by atoms with Gasteiger partial charge in [-0.05, 0) is 79.6 Å². The minimum atomic E-state index is -0.327. The van der Waals surface area contributed by atoms with Gasteiger partial charge in [0.25, 0.3) is 11.8 Å². The van der Waals surface area contributed by atoms with Crippen LogP contribution in [0.15, 0.2) is 72.9 Å². The molecule has 10 heteroatoms. The molecule has 2 aromatic heterocycles. The Morgan fingerprint density at radius 3 is 2.25 bits per heavy atom. The third-order valence-corrected chi connectivity index (χ3v) is 9.12. The lowest BCUT2D eigenvalue weighted by Crippen LogP contribution is -2.30. The summed E-state index contributed by atoms with van der Waals surface area (Å²) >= 11 is 0. The van der Waals surface area contributed by atoms with E-state index in [0.29, 0.717) is 42.9 Å². The van der Waals surface area contributed by atoms with E-state index in [1.54, 1.807) is 36.4 Å². The van der Waals surface area contributed by atoms with Gasteiger partial charge in [-0.3, -0.25) is 9.59 Å². The average Bonchev–Trinajstić information content (AvgIpc) is 3.60. The molecule has 1 aliphatic rings. The smallest absolute Gasteiger partial charge is 0.251 e. The maximum atomic E-state index is 14.8. The number of benzene rings is 3. The fraction of sp³-hybridized carbons (Fsp3) is 0.366. The quantitative estimate of drug-likeness (QED) is 0.123. The van der Waals surface area contributed by atoms with Crippen LogP contribution in [0, 0.1) is 5.82 Å². The highest BCUT2D eigenvalue weighted by atomic mass is 19.1. The second kappa shape index (κ2) is 17.7. The number of aryl methyl sites for hydroxylation is 3. The fourth-order valence-electron chi connectivity index (χ4n) is 6.32. The molecule has 0 radical (unpaired) electrons. The molecule has 1 saturated heterocycles. The van der Waals surface area contributed by atoms with Crippen LogP contribution in [-0.2, 0) is 37.2 Å². The summed E-state index contributed by atoms with van der Waals surface area (Å²) in [4.78, 5) is 31.6. The average molecular weight is 693 g/mol. The Bertz CT molecular complexity index is 1970. The van der Waals surface area contributed by atoms with Gasteiger partial charge in [0.2, 0.25) is 0 Å². The van der Waals surface area contributed by atoms with Crippen LogP contribution in [0.3, 0.4) is 0 Å². The van der Waals surface area contributed by atoms with Crippen molar-refractivity contribution in [1.82, 2.24) is 25.4 Å². The molecule has 0 unspecified atom stereocenters. The maximum absolute atomic E-state index is 14.8. The summed E-state index contributed by atoms with van der Waals surface area (Å²) in [5, 5.41) is 15.2. The molecule has 1 fully saturated rings. The molecule has 3 heterocycles. The molecule has 268 valence electrons. The van der Waals surface area contributed by atoms with E-state index in [1.807, 2.05) is 55.9 Å². The number of rotatable bonds is 12. The molecule has 2 amide bonds. The first kappa shape index (κ1) is 37.2. The summed E-state index contributed by atoms with van der Waals surface area (Å²) in [5.41, 5.74) is 7.52. The minimum Gasteiger partial charge on any atom is -0.381 e. The van der Waals surface area contributed by atoms with Crippen LogP contribution in [-0.4, -0.2) is 45.8 Å². The van der Waals surface area contributed by atoms with Crippen LogP contribution in [0.1, 0.15) is 90.6 Å². The molecular weight excluding hydrogens is 643 g/mol. The first-order valence-electron chi connectivity index (χ1n) is 18.1. The van der Waals surface area contributed by atoms with Gasteiger partial charge in [-0.1, -0.05) is 64.1 Å². The number of nitrogens with one attached hydrogen (secondary N) is 3. The predicted octanol–water partition coefficient (Wildman–Crippen LogP) is 7.86. The number of carbonyl (C=O) groups excluding carboxylic acids is 2. The van der Waals surface area contributed by atoms with E-state index >= 15 is 0 Å². The van der Waals surface area contributed by atoms with Gasteiger partial charge in [-0.15, -0.1) is 0 Å². The molecule has 0 atom stereocenters. The Kier molecular flexibility index (Phi) is 12.9. The number of anilines is 1. The Hall–Kier alpha value is -5.09. The van der Waals surface area contributed by atoms with Crippen LogP contribution in [0.5, 0.6) is 0 Å². The van der Waals surface area contributed by atoms with Gasteiger partial charge in [0, 0.05) is 66.8 Å². The molecule has 0 spiro atoms. The zero-order valence-electron chi connectivity index (χ0n) is 30.3. The molecule has 1 aliphatic heterocycles. The molecule has 3 N–H and O–H groups in total. The van der Waals surface area contributed by atoms with E-state index in [1.165, 1.54) is 6.07 Å². The van der Waals surface area contributed by atoms with Crippen molar-refractivity contribution in [3.05, 3.63) is 112 Å². The summed E-state index contributed by atoms with van der Waals surface area (Å²) < 4.78 is 22.2. The number of pyridine rings is 1. The third-order valence-electron chi connectivity index (χ3n) is 9.12. The second-order valence-corrected chi connectivity index (χ2v) is 12.3. The lowest BCUT2D eigenvalue weighted by molar-refractivity contribution is 0.0904. The van der Waals surface area contributed by atoms with Crippen LogP contribution in [0.4, 0.5) is 10.1 Å². The molecule has 5 aromatic rings. The SMILES string of the molecule is CC.CCc1cccc(-c2cc(CNC(=O)c3cccc(C(=O)NCc4c(CC)nc5c(cnn5CC)c4NC4CCOCC4)c3)ccc2F)c1. The number of nitrogens with zero attached hydrogens (tertiary/aromatic N) is 3. The van der Waals surface area contributed by atoms with Crippen molar-refractivity contribution in [2.45, 2.75) is 86.0 Å². The molecule has 51 heavy (non-hydrogen) atoms. The molecule has 3 aromatic carbocycles. The maximum Gasteiger partial charge on any atom is 0.251 e. The van der Waals surface area contributed by atoms with Gasteiger partial charge in [0.1, 0.15) is 5.82 Å². The van der Waals surface area contributed by atoms with E-state index in [4.69, 9.17) is 9.72 Å². The van der Waals surface area contributed by atoms with Gasteiger partial charge in [-0.25, -0.2) is 14.1 Å². The molecular formula is C41H49FN6O3. The Morgan fingerprint density at radius 2 is 1.57 bits per heavy atom. The minimum absolute atomic E-state index is 0.211. The molecule has 0 bridgehead atoms. The molecule has 6 rings (SSSR count). The number of hydrogen-bond donors (Lipinski definition) is 3. The number of amides is 2. The lowest BCUT2D eigenvalue weighted by atomic mass is 9.99. The van der Waals surface area contributed by atoms with Gasteiger partial charge in [0.15, 0.2) is 5.65 Å². The van der Waals surface area contributed by atoms with Gasteiger partial charge >= 0.3 is 0 Å². The van der Waals surface area contributed by atoms with E-state index in [-0.39, 0.29) is 36.8 Å². The highest BCUT2D eigenvalue weighted by Crippen LogP contribution is 2.31. The highest BCUT2D eigenvalue weighted by Gasteiger charge is 2.22. The summed E-state index contributed by atoms with van der Waals surface area (Å²) in [6, 6.07) is 19.6. The first-order chi connectivity index (χ1) is 24.9. The first-order valence-corrected chi connectivity index (χ1v) is 18.1. The normalized spacial score (nSPS) is 13.0. The van der Waals surface area contributed by atoms with Crippen molar-refractivity contribution < 1.29 is 18.7 Å². The van der Waals surface area contributed by atoms with E-state index in [0.717, 1.165) is 63.9 Å². The summed E-state index contributed by atoms with van der Waals surface area (Å²) in [6.07, 6.45) is 5.17. The van der Waals surface area contributed by atoms with Crippen molar-refractivity contribution in [1.29, 1.82) is 0 Å². The number of carbonyl (C=O) groups is 2. The van der Waals surface area contributed by atoms with E-state index in [9.17, 15) is 14.0 Å². The van der Waals surface area contributed by atoms with Crippen molar-refractivity contribution in [3.8, 4) is 11.1 Å². The Balaban J connectivity index is 0.00000248. The number of ether oxygens (including phenoxy) is 1. The zero-order chi connectivity index (χ0) is 36.3. The van der Waals surface area contributed by atoms with Crippen LogP contribution in [0.25, 0.3) is 22.2 Å². The summed E-state index contributed by atoms with van der Waals surface area (Å²) in [6.45, 7) is 12.7. The lowest BCUT2D eigenvalue weighted by Gasteiger charge is -2.26. The Labute approximate surface area is 300 Å². The molecule has 9 nitrogen and oxygen atoms in total. The monoisotopic (exact) mass is 692 g/mol. The highest BCUT2D eigenvalue weighted by molar-refractivity contribution is 6.00. The largest absolute Gasteiger partial charge is 0.381 e. The molecule has 0 aliphatic carbocycles. The molecule has 0 saturated carbocycles. The van der Waals surface area contributed by atoms with Gasteiger partial charge in [0.05, 0.1) is 17.3 Å². The Morgan fingerprint density at radius 1 is 0.863 bits per heavy atom. The van der Waals surface area contributed by atoms with Crippen molar-refractivity contribution in [2.75, 3.05) is 18.5 Å². The van der Waals surface area contributed by atoms with Crippen LogP contribution >= 0.6 is 0 Å². The number of aromatic nitrogens is 3. The number of fused-ring (bicyclic) bond motifs is 1. The fourth-order valence-corrected chi connectivity index (χ4v) is 6.32. The van der Waals surface area contributed by atoms with Gasteiger partial charge < -0.3 is 20.7 Å². The van der Waals surface area contributed by atoms with E-state index < -0.39 is 0 Å². The summed E-state index contributed by atoms with van der Waals surface area (Å²) in [5.74, 6) is -0.936. The van der Waals surface area contributed by atoms with Crippen molar-refractivity contribution in [2.24, 2.45) is 0 Å². The van der Waals surface area contributed by atoms with Gasteiger partial charge in [-0.2, -0.15) is 5.10 Å².